The minimum Gasteiger partial charge on any atom is -0.454 e. The Labute approximate surface area is 122 Å². The number of nitrogens with zero attached hydrogens (tertiary/aromatic N) is 1. The zero-order valence-electron chi connectivity index (χ0n) is 11.6. The molecule has 5 rings (SSSR count). The molecule has 0 unspecified atom stereocenters. The highest BCUT2D eigenvalue weighted by Gasteiger charge is 2.55. The molecule has 21 heavy (non-hydrogen) atoms. The van der Waals surface area contributed by atoms with Crippen molar-refractivity contribution in [2.45, 2.75) is 37.0 Å². The predicted molar refractivity (Wildman–Crippen MR) is 74.1 cm³/mol. The molecular weight excluding hydrogens is 270 g/mol. The molecule has 5 atom stereocenters. The van der Waals surface area contributed by atoms with Gasteiger partial charge in [-0.05, 0) is 24.1 Å². The standard InChI is InChI=1S/C16H18NO4/c18-11-3-8-1-2-17-6-9-4-12-13(21-7-20-12)5-10(9)14(15(8)17)16(11)19/h4-6,8,11,14-16,18-19H,1-3,7H2/q+1/t8-,11+,14+,15-,16-/m1/s1. The van der Waals surface area contributed by atoms with Gasteiger partial charge in [0.05, 0.1) is 18.1 Å². The fourth-order valence-corrected chi connectivity index (χ4v) is 4.62. The Bertz CT molecular complexity index is 656. The molecule has 4 aliphatic rings. The van der Waals surface area contributed by atoms with Crippen molar-refractivity contribution in [3.05, 3.63) is 23.3 Å². The van der Waals surface area contributed by atoms with Crippen molar-refractivity contribution in [2.24, 2.45) is 5.92 Å². The molecule has 1 aromatic carbocycles. The van der Waals surface area contributed by atoms with Crippen LogP contribution in [-0.2, 0) is 0 Å². The van der Waals surface area contributed by atoms with Crippen LogP contribution in [0.15, 0.2) is 12.1 Å². The number of hydrogen-bond acceptors (Lipinski definition) is 4. The van der Waals surface area contributed by atoms with Gasteiger partial charge in [0.1, 0.15) is 6.54 Å². The first-order valence-electron chi connectivity index (χ1n) is 7.62. The van der Waals surface area contributed by atoms with Gasteiger partial charge >= 0.3 is 0 Å². The quantitative estimate of drug-likeness (QED) is 0.681. The Morgan fingerprint density at radius 2 is 1.95 bits per heavy atom. The summed E-state index contributed by atoms with van der Waals surface area (Å²) in [5, 5.41) is 20.8. The minimum absolute atomic E-state index is 0.0456. The van der Waals surface area contributed by atoms with Crippen molar-refractivity contribution in [3.63, 3.8) is 0 Å². The van der Waals surface area contributed by atoms with Gasteiger partial charge in [-0.1, -0.05) is 0 Å². The Morgan fingerprint density at radius 3 is 2.81 bits per heavy atom. The van der Waals surface area contributed by atoms with E-state index in [9.17, 15) is 10.2 Å². The lowest BCUT2D eigenvalue weighted by molar-refractivity contribution is -0.554. The van der Waals surface area contributed by atoms with Gasteiger partial charge in [-0.15, -0.1) is 0 Å². The number of benzene rings is 1. The van der Waals surface area contributed by atoms with Gasteiger partial charge in [0.2, 0.25) is 6.79 Å². The second kappa shape index (κ2) is 3.99. The molecule has 3 heterocycles. The van der Waals surface area contributed by atoms with E-state index in [1.165, 1.54) is 0 Å². The smallest absolute Gasteiger partial charge is 0.231 e. The number of aliphatic hydroxyl groups is 2. The zero-order valence-corrected chi connectivity index (χ0v) is 11.6. The van der Waals surface area contributed by atoms with Crippen LogP contribution in [0.5, 0.6) is 11.5 Å². The monoisotopic (exact) mass is 288 g/mol. The maximum atomic E-state index is 10.6. The minimum atomic E-state index is -0.709. The number of hydrogen-bond donors (Lipinski definition) is 2. The van der Waals surface area contributed by atoms with Crippen LogP contribution in [0.3, 0.4) is 0 Å². The van der Waals surface area contributed by atoms with Crippen molar-refractivity contribution < 1.29 is 24.3 Å². The lowest BCUT2D eigenvalue weighted by Crippen LogP contribution is -2.51. The van der Waals surface area contributed by atoms with Gasteiger partial charge in [0.15, 0.2) is 23.8 Å². The highest BCUT2D eigenvalue weighted by Crippen LogP contribution is 2.48. The number of fused-ring (bicyclic) bond motifs is 3. The highest BCUT2D eigenvalue weighted by molar-refractivity contribution is 5.82. The van der Waals surface area contributed by atoms with Crippen LogP contribution in [0.1, 0.15) is 29.9 Å². The molecule has 0 aromatic heterocycles. The van der Waals surface area contributed by atoms with Gasteiger partial charge in [-0.2, -0.15) is 0 Å². The Balaban J connectivity index is 1.71. The van der Waals surface area contributed by atoms with E-state index in [1.54, 1.807) is 0 Å². The number of ether oxygens (including phenoxy) is 2. The molecule has 0 amide bonds. The fraction of sp³-hybridized carbons (Fsp3) is 0.562. The number of aliphatic hydroxyl groups excluding tert-OH is 2. The van der Waals surface area contributed by atoms with Crippen LogP contribution in [-0.4, -0.2) is 52.6 Å². The molecular formula is C16H18NO4+. The average molecular weight is 288 g/mol. The maximum Gasteiger partial charge on any atom is 0.231 e. The zero-order chi connectivity index (χ0) is 14.1. The Morgan fingerprint density at radius 1 is 1.14 bits per heavy atom. The van der Waals surface area contributed by atoms with E-state index in [2.05, 4.69) is 10.8 Å². The summed E-state index contributed by atoms with van der Waals surface area (Å²) in [7, 11) is 0. The summed E-state index contributed by atoms with van der Waals surface area (Å²) in [6, 6.07) is 4.29. The van der Waals surface area contributed by atoms with Crippen LogP contribution >= 0.6 is 0 Å². The van der Waals surface area contributed by atoms with Gasteiger partial charge < -0.3 is 19.7 Å². The lowest BCUT2D eigenvalue weighted by Gasteiger charge is -2.39. The first-order valence-corrected chi connectivity index (χ1v) is 7.62. The van der Waals surface area contributed by atoms with Crippen LogP contribution in [0.4, 0.5) is 0 Å². The second-order valence-corrected chi connectivity index (χ2v) is 6.56. The fourth-order valence-electron chi connectivity index (χ4n) is 4.62. The molecule has 110 valence electrons. The van der Waals surface area contributed by atoms with Gasteiger partial charge in [-0.3, -0.25) is 0 Å². The van der Waals surface area contributed by atoms with Gasteiger partial charge in [-0.25, -0.2) is 4.58 Å². The van der Waals surface area contributed by atoms with Gasteiger partial charge in [0, 0.05) is 17.9 Å². The molecule has 1 aliphatic carbocycles. The molecule has 2 N–H and O–H groups in total. The summed E-state index contributed by atoms with van der Waals surface area (Å²) in [6.45, 7) is 1.25. The van der Waals surface area contributed by atoms with Crippen molar-refractivity contribution in [1.82, 2.24) is 0 Å². The molecule has 2 fully saturated rings. The topological polar surface area (TPSA) is 61.9 Å². The van der Waals surface area contributed by atoms with E-state index in [-0.39, 0.29) is 12.7 Å². The van der Waals surface area contributed by atoms with Crippen molar-refractivity contribution >= 4 is 6.21 Å². The molecule has 0 radical (unpaired) electrons. The lowest BCUT2D eigenvalue weighted by atomic mass is 9.69. The largest absolute Gasteiger partial charge is 0.454 e. The first-order chi connectivity index (χ1) is 10.2. The molecule has 3 aliphatic heterocycles. The normalized spacial score (nSPS) is 38.8. The Kier molecular flexibility index (Phi) is 2.28. The summed E-state index contributed by atoms with van der Waals surface area (Å²) in [4.78, 5) is 0. The van der Waals surface area contributed by atoms with Crippen molar-refractivity contribution in [3.8, 4) is 11.5 Å². The molecule has 1 aromatic rings. The highest BCUT2D eigenvalue weighted by atomic mass is 16.7. The molecule has 1 saturated carbocycles. The maximum absolute atomic E-state index is 10.6. The molecule has 5 nitrogen and oxygen atoms in total. The van der Waals surface area contributed by atoms with E-state index in [0.29, 0.717) is 18.4 Å². The van der Waals surface area contributed by atoms with Crippen LogP contribution in [0, 0.1) is 5.92 Å². The third-order valence-corrected chi connectivity index (χ3v) is 5.54. The van der Waals surface area contributed by atoms with E-state index < -0.39 is 12.2 Å². The number of rotatable bonds is 0. The van der Waals surface area contributed by atoms with E-state index in [0.717, 1.165) is 35.6 Å². The molecule has 5 heteroatoms. The van der Waals surface area contributed by atoms with Crippen molar-refractivity contribution in [2.75, 3.05) is 13.3 Å². The summed E-state index contributed by atoms with van der Waals surface area (Å²) in [5.74, 6) is 1.93. The molecule has 1 saturated heterocycles. The van der Waals surface area contributed by atoms with E-state index in [4.69, 9.17) is 9.47 Å². The van der Waals surface area contributed by atoms with Gasteiger partial charge in [0.25, 0.3) is 0 Å². The predicted octanol–water partition coefficient (Wildman–Crippen LogP) is 0.458. The van der Waals surface area contributed by atoms with Crippen molar-refractivity contribution in [1.29, 1.82) is 0 Å². The van der Waals surface area contributed by atoms with Crippen LogP contribution < -0.4 is 9.47 Å². The summed E-state index contributed by atoms with van der Waals surface area (Å²) < 4.78 is 13.3. The van der Waals surface area contributed by atoms with E-state index in [1.807, 2.05) is 12.1 Å². The summed E-state index contributed by atoms with van der Waals surface area (Å²) in [5.41, 5.74) is 2.16. The third-order valence-electron chi connectivity index (χ3n) is 5.54. The van der Waals surface area contributed by atoms with E-state index >= 15 is 0 Å². The summed E-state index contributed by atoms with van der Waals surface area (Å²) >= 11 is 0. The SMILES string of the molecule is O[C@H]1[C@H]2c3cc4c(cc3C=[N+]3CC[C@H](C[C@@H]1O)[C@H]23)OCO4. The second-order valence-electron chi connectivity index (χ2n) is 6.56. The summed E-state index contributed by atoms with van der Waals surface area (Å²) in [6.07, 6.45) is 2.63. The van der Waals surface area contributed by atoms with Crippen LogP contribution in [0.2, 0.25) is 0 Å². The molecule has 0 spiro atoms. The van der Waals surface area contributed by atoms with Crippen LogP contribution in [0.25, 0.3) is 0 Å². The third kappa shape index (κ3) is 1.50. The Hall–Kier alpha value is -1.59. The first kappa shape index (κ1) is 12.0. The molecule has 0 bridgehead atoms. The average Bonchev–Trinajstić information content (AvgIpc) is 3.08.